The number of nitrogens with zero attached hydrogens (tertiary/aromatic N) is 2. The van der Waals surface area contributed by atoms with E-state index in [0.29, 0.717) is 13.2 Å². The predicted octanol–water partition coefficient (Wildman–Crippen LogP) is 2.23. The molecule has 0 aromatic rings. The summed E-state index contributed by atoms with van der Waals surface area (Å²) in [7, 11) is 2.01. The molecule has 130 valence electrons. The molecule has 2 unspecified atom stereocenters. The summed E-state index contributed by atoms with van der Waals surface area (Å²) in [4.78, 5) is 4.01. The molecule has 0 aromatic carbocycles. The fourth-order valence-corrected chi connectivity index (χ4v) is 3.35. The Bertz CT molecular complexity index is 366. The molecule has 0 bridgehead atoms. The van der Waals surface area contributed by atoms with Crippen molar-refractivity contribution in [2.45, 2.75) is 57.3 Å². The number of ether oxygens (including phenoxy) is 2. The highest BCUT2D eigenvalue weighted by molar-refractivity contribution is 4.97. The van der Waals surface area contributed by atoms with Crippen LogP contribution >= 0.6 is 0 Å². The molecule has 0 aliphatic carbocycles. The minimum Gasteiger partial charge on any atom is -0.373 e. The Morgan fingerprint density at radius 2 is 2.05 bits per heavy atom. The van der Waals surface area contributed by atoms with Gasteiger partial charge in [0.05, 0.1) is 25.9 Å². The minimum absolute atomic E-state index is 0.104. The number of hydrogen-bond donors (Lipinski definition) is 0. The molecule has 6 heteroatoms. The average molecular weight is 320 g/mol. The second-order valence-corrected chi connectivity index (χ2v) is 7.28. The van der Waals surface area contributed by atoms with Gasteiger partial charge in [0.15, 0.2) is 0 Å². The van der Waals surface area contributed by atoms with Crippen LogP contribution in [0.3, 0.4) is 0 Å². The third-order valence-corrected chi connectivity index (χ3v) is 4.80. The van der Waals surface area contributed by atoms with E-state index in [9.17, 15) is 8.78 Å². The fraction of sp³-hybridized carbons (Fsp3) is 1.00. The summed E-state index contributed by atoms with van der Waals surface area (Å²) in [6.45, 7) is 8.74. The highest BCUT2D eigenvalue weighted by Gasteiger charge is 2.52. The van der Waals surface area contributed by atoms with Crippen LogP contribution in [-0.2, 0) is 9.47 Å². The number of morpholine rings is 1. The van der Waals surface area contributed by atoms with Gasteiger partial charge in [0.1, 0.15) is 6.10 Å². The molecule has 22 heavy (non-hydrogen) atoms. The summed E-state index contributed by atoms with van der Waals surface area (Å²) in [6.07, 6.45) is 0.765. The van der Waals surface area contributed by atoms with Crippen LogP contribution in [-0.4, -0.2) is 79.9 Å². The third-order valence-electron chi connectivity index (χ3n) is 4.80. The van der Waals surface area contributed by atoms with E-state index in [1.165, 1.54) is 0 Å². The summed E-state index contributed by atoms with van der Waals surface area (Å²) in [5.41, 5.74) is -0.210. The number of halogens is 2. The van der Waals surface area contributed by atoms with Crippen LogP contribution in [0.1, 0.15) is 33.6 Å². The van der Waals surface area contributed by atoms with E-state index in [1.54, 1.807) is 0 Å². The van der Waals surface area contributed by atoms with E-state index in [0.717, 1.165) is 25.9 Å². The van der Waals surface area contributed by atoms with Crippen molar-refractivity contribution in [3.8, 4) is 0 Å². The Balaban J connectivity index is 1.88. The average Bonchev–Trinajstić information content (AvgIpc) is 2.72. The number of likely N-dealkylation sites (tertiary alicyclic amines) is 1. The zero-order valence-corrected chi connectivity index (χ0v) is 14.3. The Hall–Kier alpha value is -0.300. The molecule has 0 aromatic heterocycles. The molecule has 0 saturated carbocycles. The third kappa shape index (κ3) is 4.37. The highest BCUT2D eigenvalue weighted by atomic mass is 19.3. The first-order valence-electron chi connectivity index (χ1n) is 8.29. The predicted molar refractivity (Wildman–Crippen MR) is 82.5 cm³/mol. The normalized spacial score (nSPS) is 30.8. The Morgan fingerprint density at radius 1 is 1.32 bits per heavy atom. The molecule has 0 spiro atoms. The van der Waals surface area contributed by atoms with Crippen molar-refractivity contribution in [3.05, 3.63) is 0 Å². The summed E-state index contributed by atoms with van der Waals surface area (Å²) in [5, 5.41) is 0. The molecule has 4 nitrogen and oxygen atoms in total. The summed E-state index contributed by atoms with van der Waals surface area (Å²) in [5.74, 6) is -2.79. The summed E-state index contributed by atoms with van der Waals surface area (Å²) in [6, 6.07) is 0. The smallest absolute Gasteiger partial charge is 0.287 e. The molecule has 2 aliphatic heterocycles. The van der Waals surface area contributed by atoms with Gasteiger partial charge in [-0.2, -0.15) is 0 Å². The van der Waals surface area contributed by atoms with Gasteiger partial charge in [0.2, 0.25) is 0 Å². The summed E-state index contributed by atoms with van der Waals surface area (Å²) < 4.78 is 39.6. The van der Waals surface area contributed by atoms with Gasteiger partial charge in [-0.25, -0.2) is 8.78 Å². The van der Waals surface area contributed by atoms with E-state index in [4.69, 9.17) is 9.47 Å². The first-order chi connectivity index (χ1) is 10.2. The second-order valence-electron chi connectivity index (χ2n) is 7.28. The Labute approximate surface area is 132 Å². The van der Waals surface area contributed by atoms with Crippen LogP contribution in [0, 0.1) is 0 Å². The van der Waals surface area contributed by atoms with Gasteiger partial charge in [-0.1, -0.05) is 13.3 Å². The van der Waals surface area contributed by atoms with Gasteiger partial charge in [0.25, 0.3) is 5.92 Å². The topological polar surface area (TPSA) is 24.9 Å². The fourth-order valence-electron chi connectivity index (χ4n) is 3.35. The van der Waals surface area contributed by atoms with Crippen LogP contribution in [0.25, 0.3) is 0 Å². The van der Waals surface area contributed by atoms with Crippen molar-refractivity contribution in [3.63, 3.8) is 0 Å². The van der Waals surface area contributed by atoms with Crippen molar-refractivity contribution >= 4 is 0 Å². The first-order valence-corrected chi connectivity index (χ1v) is 8.29. The minimum atomic E-state index is -2.79. The summed E-state index contributed by atoms with van der Waals surface area (Å²) >= 11 is 0. The molecule has 2 fully saturated rings. The van der Waals surface area contributed by atoms with Gasteiger partial charge in [0, 0.05) is 25.2 Å². The van der Waals surface area contributed by atoms with Gasteiger partial charge in [-0.3, -0.25) is 4.90 Å². The van der Waals surface area contributed by atoms with Crippen LogP contribution in [0.15, 0.2) is 0 Å². The lowest BCUT2D eigenvalue weighted by atomic mass is 9.97. The van der Waals surface area contributed by atoms with Crippen LogP contribution in [0.4, 0.5) is 8.78 Å². The standard InChI is InChI=1S/C16H30F2N2O2/c1-5-6-15(2,3)20-10-14(16(17,18)12-20)22-11-13-9-19(4)7-8-21-13/h13-14H,5-12H2,1-4H3. The van der Waals surface area contributed by atoms with E-state index in [2.05, 4.69) is 11.8 Å². The zero-order valence-electron chi connectivity index (χ0n) is 14.3. The maximum atomic E-state index is 14.2. The molecule has 0 amide bonds. The van der Waals surface area contributed by atoms with Gasteiger partial charge in [-0.15, -0.1) is 0 Å². The molecule has 2 saturated heterocycles. The monoisotopic (exact) mass is 320 g/mol. The maximum Gasteiger partial charge on any atom is 0.287 e. The lowest BCUT2D eigenvalue weighted by molar-refractivity contribution is -0.137. The lowest BCUT2D eigenvalue weighted by Crippen LogP contribution is -2.44. The SMILES string of the molecule is CCCC(C)(C)N1CC(OCC2CN(C)CCO2)C(F)(F)C1. The Morgan fingerprint density at radius 3 is 2.68 bits per heavy atom. The van der Waals surface area contributed by atoms with Crippen molar-refractivity contribution in [1.82, 2.24) is 9.80 Å². The number of rotatable bonds is 6. The van der Waals surface area contributed by atoms with Crippen LogP contribution < -0.4 is 0 Å². The molecule has 2 aliphatic rings. The second kappa shape index (κ2) is 7.07. The van der Waals surface area contributed by atoms with Gasteiger partial charge >= 0.3 is 0 Å². The molecule has 0 N–H and O–H groups in total. The van der Waals surface area contributed by atoms with E-state index in [-0.39, 0.29) is 24.8 Å². The first kappa shape index (κ1) is 18.0. The number of likely N-dealkylation sites (N-methyl/N-ethyl adjacent to an activating group) is 1. The number of alkyl halides is 2. The lowest BCUT2D eigenvalue weighted by Gasteiger charge is -2.35. The zero-order chi connectivity index (χ0) is 16.4. The van der Waals surface area contributed by atoms with Crippen molar-refractivity contribution in [2.24, 2.45) is 0 Å². The van der Waals surface area contributed by atoms with Crippen LogP contribution in [0.5, 0.6) is 0 Å². The molecular formula is C16H30F2N2O2. The van der Waals surface area contributed by atoms with Crippen molar-refractivity contribution in [2.75, 3.05) is 46.4 Å². The highest BCUT2D eigenvalue weighted by Crippen LogP contribution is 2.35. The van der Waals surface area contributed by atoms with Gasteiger partial charge < -0.3 is 14.4 Å². The van der Waals surface area contributed by atoms with Crippen LogP contribution in [0.2, 0.25) is 0 Å². The maximum absolute atomic E-state index is 14.2. The van der Waals surface area contributed by atoms with Crippen molar-refractivity contribution < 1.29 is 18.3 Å². The Kier molecular flexibility index (Phi) is 5.80. The van der Waals surface area contributed by atoms with Crippen molar-refractivity contribution in [1.29, 1.82) is 0 Å². The molecule has 2 rings (SSSR count). The van der Waals surface area contributed by atoms with Gasteiger partial charge in [-0.05, 0) is 27.3 Å². The van der Waals surface area contributed by atoms with E-state index < -0.39 is 12.0 Å². The molecular weight excluding hydrogens is 290 g/mol. The van der Waals surface area contributed by atoms with E-state index >= 15 is 0 Å². The largest absolute Gasteiger partial charge is 0.373 e. The number of hydrogen-bond acceptors (Lipinski definition) is 4. The molecule has 2 heterocycles. The van der Waals surface area contributed by atoms with E-state index in [1.807, 2.05) is 25.8 Å². The quantitative estimate of drug-likeness (QED) is 0.749. The molecule has 0 radical (unpaired) electrons. The molecule has 2 atom stereocenters.